The van der Waals surface area contributed by atoms with Gasteiger partial charge in [-0.1, -0.05) is 6.92 Å². The van der Waals surface area contributed by atoms with Crippen LogP contribution in [-0.4, -0.2) is 45.8 Å². The summed E-state index contributed by atoms with van der Waals surface area (Å²) >= 11 is 0. The van der Waals surface area contributed by atoms with Crippen molar-refractivity contribution in [2.75, 3.05) is 34.0 Å². The van der Waals surface area contributed by atoms with E-state index in [1.165, 1.54) is 0 Å². The first kappa shape index (κ1) is 15.8. The Labute approximate surface area is 125 Å². The van der Waals surface area contributed by atoms with Gasteiger partial charge in [0.25, 0.3) is 0 Å². The standard InChI is InChI=1S/C16H23NO4/c1-4-7-17-14-10-21-9-13(14)16(18)12-6-5-11(19-2)8-15(12)20-3/h5-6,8,13-14,17H,4,7,9-10H2,1-3H3. The van der Waals surface area contributed by atoms with Gasteiger partial charge in [0.2, 0.25) is 0 Å². The Bertz CT molecular complexity index is 489. The number of methoxy groups -OCH3 is 2. The Morgan fingerprint density at radius 3 is 2.81 bits per heavy atom. The third-order valence-corrected chi connectivity index (χ3v) is 3.75. The van der Waals surface area contributed by atoms with Gasteiger partial charge in [-0.15, -0.1) is 0 Å². The number of Topliss-reactive ketones (excluding diaryl/α,β-unsaturated/α-hetero) is 1. The van der Waals surface area contributed by atoms with Crippen LogP contribution in [0.25, 0.3) is 0 Å². The van der Waals surface area contributed by atoms with Gasteiger partial charge in [-0.3, -0.25) is 4.79 Å². The first-order valence-corrected chi connectivity index (χ1v) is 7.28. The van der Waals surface area contributed by atoms with E-state index in [0.717, 1.165) is 13.0 Å². The summed E-state index contributed by atoms with van der Waals surface area (Å²) in [4.78, 5) is 12.8. The van der Waals surface area contributed by atoms with Crippen molar-refractivity contribution < 1.29 is 19.0 Å². The first-order chi connectivity index (χ1) is 10.2. The first-order valence-electron chi connectivity index (χ1n) is 7.28. The van der Waals surface area contributed by atoms with Crippen LogP contribution < -0.4 is 14.8 Å². The molecule has 0 radical (unpaired) electrons. The zero-order valence-electron chi connectivity index (χ0n) is 12.8. The monoisotopic (exact) mass is 293 g/mol. The molecule has 1 aliphatic rings. The van der Waals surface area contributed by atoms with Gasteiger partial charge in [-0.05, 0) is 25.1 Å². The number of carbonyl (C=O) groups is 1. The van der Waals surface area contributed by atoms with Crippen molar-refractivity contribution in [3.05, 3.63) is 23.8 Å². The molecular weight excluding hydrogens is 270 g/mol. The third kappa shape index (κ3) is 3.54. The van der Waals surface area contributed by atoms with Gasteiger partial charge in [-0.25, -0.2) is 0 Å². The zero-order chi connectivity index (χ0) is 15.2. The van der Waals surface area contributed by atoms with E-state index in [4.69, 9.17) is 14.2 Å². The molecule has 5 nitrogen and oxygen atoms in total. The minimum atomic E-state index is -0.168. The topological polar surface area (TPSA) is 56.8 Å². The van der Waals surface area contributed by atoms with Crippen LogP contribution in [0, 0.1) is 5.92 Å². The van der Waals surface area contributed by atoms with Crippen LogP contribution in [0.4, 0.5) is 0 Å². The summed E-state index contributed by atoms with van der Waals surface area (Å²) in [6, 6.07) is 5.34. The SMILES string of the molecule is CCCNC1COCC1C(=O)c1ccc(OC)cc1OC. The van der Waals surface area contributed by atoms with Crippen LogP contribution in [0.2, 0.25) is 0 Å². The van der Waals surface area contributed by atoms with Crippen molar-refractivity contribution in [1.29, 1.82) is 0 Å². The fourth-order valence-electron chi connectivity index (χ4n) is 2.55. The van der Waals surface area contributed by atoms with Crippen molar-refractivity contribution in [2.24, 2.45) is 5.92 Å². The lowest BCUT2D eigenvalue weighted by Crippen LogP contribution is -2.39. The Morgan fingerprint density at radius 2 is 2.14 bits per heavy atom. The molecule has 1 aliphatic heterocycles. The maximum Gasteiger partial charge on any atom is 0.173 e. The molecular formula is C16H23NO4. The van der Waals surface area contributed by atoms with E-state index in [0.29, 0.717) is 30.3 Å². The second-order valence-corrected chi connectivity index (χ2v) is 5.14. The molecule has 0 aromatic heterocycles. The van der Waals surface area contributed by atoms with Gasteiger partial charge in [0.1, 0.15) is 11.5 Å². The Kier molecular flexibility index (Phi) is 5.59. The molecule has 21 heavy (non-hydrogen) atoms. The average Bonchev–Trinajstić information content (AvgIpc) is 2.99. The third-order valence-electron chi connectivity index (χ3n) is 3.75. The normalized spacial score (nSPS) is 21.3. The predicted molar refractivity (Wildman–Crippen MR) is 80.3 cm³/mol. The van der Waals surface area contributed by atoms with Crippen molar-refractivity contribution in [3.8, 4) is 11.5 Å². The molecule has 0 aliphatic carbocycles. The number of ether oxygens (including phenoxy) is 3. The van der Waals surface area contributed by atoms with Gasteiger partial charge in [-0.2, -0.15) is 0 Å². The lowest BCUT2D eigenvalue weighted by molar-refractivity contribution is 0.0888. The van der Waals surface area contributed by atoms with Gasteiger partial charge < -0.3 is 19.5 Å². The number of hydrogen-bond acceptors (Lipinski definition) is 5. The Hall–Kier alpha value is -1.59. The molecule has 2 unspecified atom stereocenters. The molecule has 5 heteroatoms. The molecule has 0 spiro atoms. The van der Waals surface area contributed by atoms with E-state index >= 15 is 0 Å². The molecule has 1 fully saturated rings. The van der Waals surface area contributed by atoms with Crippen molar-refractivity contribution in [2.45, 2.75) is 19.4 Å². The summed E-state index contributed by atoms with van der Waals surface area (Å²) in [7, 11) is 3.15. The molecule has 2 rings (SSSR count). The maximum atomic E-state index is 12.8. The lowest BCUT2D eigenvalue weighted by atomic mass is 9.92. The van der Waals surface area contributed by atoms with E-state index in [1.807, 2.05) is 0 Å². The minimum absolute atomic E-state index is 0.0561. The molecule has 1 aromatic carbocycles. The van der Waals surface area contributed by atoms with E-state index in [-0.39, 0.29) is 17.7 Å². The number of rotatable bonds is 7. The Morgan fingerprint density at radius 1 is 1.33 bits per heavy atom. The summed E-state index contributed by atoms with van der Waals surface area (Å²) in [5, 5.41) is 3.38. The second kappa shape index (κ2) is 7.43. The molecule has 1 N–H and O–H groups in total. The van der Waals surface area contributed by atoms with Crippen molar-refractivity contribution in [3.63, 3.8) is 0 Å². The van der Waals surface area contributed by atoms with Crippen molar-refractivity contribution >= 4 is 5.78 Å². The van der Waals surface area contributed by atoms with E-state index in [1.54, 1.807) is 32.4 Å². The summed E-state index contributed by atoms with van der Waals surface area (Å²) < 4.78 is 16.0. The molecule has 0 saturated carbocycles. The summed E-state index contributed by atoms with van der Waals surface area (Å²) in [6.45, 7) is 4.02. The minimum Gasteiger partial charge on any atom is -0.497 e. The van der Waals surface area contributed by atoms with E-state index in [2.05, 4.69) is 12.2 Å². The van der Waals surface area contributed by atoms with Gasteiger partial charge >= 0.3 is 0 Å². The molecule has 0 amide bonds. The molecule has 116 valence electrons. The highest BCUT2D eigenvalue weighted by atomic mass is 16.5. The number of nitrogens with one attached hydrogen (secondary N) is 1. The zero-order valence-corrected chi connectivity index (χ0v) is 12.8. The number of carbonyl (C=O) groups excluding carboxylic acids is 1. The number of benzene rings is 1. The summed E-state index contributed by atoms with van der Waals surface area (Å²) in [5.74, 6) is 1.10. The van der Waals surface area contributed by atoms with Crippen LogP contribution in [0.3, 0.4) is 0 Å². The average molecular weight is 293 g/mol. The molecule has 2 atom stereocenters. The van der Waals surface area contributed by atoms with Gasteiger partial charge in [0, 0.05) is 12.1 Å². The van der Waals surface area contributed by atoms with Crippen LogP contribution in [0.15, 0.2) is 18.2 Å². The maximum absolute atomic E-state index is 12.8. The highest BCUT2D eigenvalue weighted by Gasteiger charge is 2.35. The molecule has 1 aromatic rings. The van der Waals surface area contributed by atoms with E-state index < -0.39 is 0 Å². The second-order valence-electron chi connectivity index (χ2n) is 5.14. The van der Waals surface area contributed by atoms with E-state index in [9.17, 15) is 4.79 Å². The quantitative estimate of drug-likeness (QED) is 0.778. The molecule has 0 bridgehead atoms. The summed E-state index contributed by atoms with van der Waals surface area (Å²) in [5.41, 5.74) is 0.581. The van der Waals surface area contributed by atoms with Crippen molar-refractivity contribution in [1.82, 2.24) is 5.32 Å². The largest absolute Gasteiger partial charge is 0.497 e. The Balaban J connectivity index is 2.18. The van der Waals surface area contributed by atoms with Gasteiger partial charge in [0.05, 0.1) is 38.9 Å². The fraction of sp³-hybridized carbons (Fsp3) is 0.562. The van der Waals surface area contributed by atoms with Crippen LogP contribution in [0.1, 0.15) is 23.7 Å². The van der Waals surface area contributed by atoms with Gasteiger partial charge in [0.15, 0.2) is 5.78 Å². The highest BCUT2D eigenvalue weighted by molar-refractivity contribution is 6.01. The fourth-order valence-corrected chi connectivity index (χ4v) is 2.55. The molecule has 1 heterocycles. The lowest BCUT2D eigenvalue weighted by Gasteiger charge is -2.19. The predicted octanol–water partition coefficient (Wildman–Crippen LogP) is 1.90. The van der Waals surface area contributed by atoms with Crippen LogP contribution in [0.5, 0.6) is 11.5 Å². The summed E-state index contributed by atoms with van der Waals surface area (Å²) in [6.07, 6.45) is 1.03. The van der Waals surface area contributed by atoms with Crippen LogP contribution >= 0.6 is 0 Å². The molecule has 1 saturated heterocycles. The number of ketones is 1. The van der Waals surface area contributed by atoms with Crippen LogP contribution in [-0.2, 0) is 4.74 Å². The smallest absolute Gasteiger partial charge is 0.173 e. The number of hydrogen-bond donors (Lipinski definition) is 1. The highest BCUT2D eigenvalue weighted by Crippen LogP contribution is 2.29.